The molecule has 1 saturated heterocycles. The Morgan fingerprint density at radius 3 is 2.59 bits per heavy atom. The Morgan fingerprint density at radius 2 is 1.88 bits per heavy atom. The Kier molecular flexibility index (Phi) is 7.45. The van der Waals surface area contributed by atoms with Gasteiger partial charge in [0.25, 0.3) is 0 Å². The van der Waals surface area contributed by atoms with Crippen LogP contribution in [0.4, 0.5) is 5.69 Å². The molecule has 0 spiro atoms. The van der Waals surface area contributed by atoms with Crippen LogP contribution in [0.3, 0.4) is 0 Å². The molecular weight excluding hydrogens is 518 g/mol. The molecule has 34 heavy (non-hydrogen) atoms. The van der Waals surface area contributed by atoms with Gasteiger partial charge in [0.2, 0.25) is 21.8 Å². The molecule has 1 unspecified atom stereocenters. The highest BCUT2D eigenvalue weighted by atomic mass is 79.9. The Hall–Kier alpha value is -2.23. The van der Waals surface area contributed by atoms with Gasteiger partial charge < -0.3 is 10.2 Å². The number of carbonyl (C=O) groups is 2. The highest BCUT2D eigenvalue weighted by Gasteiger charge is 2.38. The minimum absolute atomic E-state index is 0.0930. The number of fused-ring (bicyclic) bond motifs is 1. The Balaban J connectivity index is 1.53. The van der Waals surface area contributed by atoms with Crippen molar-refractivity contribution in [3.05, 3.63) is 57.6 Å². The van der Waals surface area contributed by atoms with Crippen LogP contribution in [0.1, 0.15) is 42.9 Å². The van der Waals surface area contributed by atoms with Gasteiger partial charge in [-0.05, 0) is 49.4 Å². The zero-order valence-corrected chi connectivity index (χ0v) is 21.9. The molecule has 2 amide bonds. The summed E-state index contributed by atoms with van der Waals surface area (Å²) in [4.78, 5) is 27.1. The number of hydrogen-bond acceptors (Lipinski definition) is 4. The van der Waals surface area contributed by atoms with Gasteiger partial charge in [0.15, 0.2) is 0 Å². The van der Waals surface area contributed by atoms with Crippen LogP contribution >= 0.6 is 15.9 Å². The summed E-state index contributed by atoms with van der Waals surface area (Å²) < 4.78 is 29.6. The van der Waals surface area contributed by atoms with Gasteiger partial charge in [-0.3, -0.25) is 9.59 Å². The van der Waals surface area contributed by atoms with Crippen LogP contribution in [-0.4, -0.2) is 44.2 Å². The van der Waals surface area contributed by atoms with Crippen molar-refractivity contribution in [1.29, 1.82) is 0 Å². The van der Waals surface area contributed by atoms with Crippen molar-refractivity contribution in [3.8, 4) is 0 Å². The minimum atomic E-state index is -3.89. The SMILES string of the molecule is CCC(=O)N1CCc2cc(Br)cc(S(=O)(=O)N3CCCC(C(=O)NCc4ccc(C)cc4)C3)c21. The van der Waals surface area contributed by atoms with Crippen LogP contribution in [-0.2, 0) is 32.6 Å². The number of nitrogens with one attached hydrogen (secondary N) is 1. The molecule has 1 atom stereocenters. The monoisotopic (exact) mass is 547 g/mol. The van der Waals surface area contributed by atoms with E-state index in [1.165, 1.54) is 4.31 Å². The first-order chi connectivity index (χ1) is 16.2. The number of carbonyl (C=O) groups excluding carboxylic acids is 2. The largest absolute Gasteiger partial charge is 0.352 e. The average Bonchev–Trinajstić information content (AvgIpc) is 3.26. The van der Waals surface area contributed by atoms with Crippen molar-refractivity contribution >= 4 is 43.5 Å². The number of rotatable bonds is 6. The van der Waals surface area contributed by atoms with Crippen molar-refractivity contribution in [2.45, 2.75) is 51.0 Å². The number of nitrogens with zero attached hydrogens (tertiary/aromatic N) is 2. The van der Waals surface area contributed by atoms with E-state index in [0.717, 1.165) is 16.7 Å². The fourth-order valence-electron chi connectivity index (χ4n) is 4.66. The van der Waals surface area contributed by atoms with Crippen LogP contribution in [0.25, 0.3) is 0 Å². The molecule has 0 bridgehead atoms. The number of sulfonamides is 1. The van der Waals surface area contributed by atoms with Gasteiger partial charge >= 0.3 is 0 Å². The maximum Gasteiger partial charge on any atom is 0.245 e. The standard InChI is InChI=1S/C25H30BrN3O4S/c1-3-23(30)29-12-10-19-13-21(26)14-22(24(19)29)34(32,33)28-11-4-5-20(16-28)25(31)27-15-18-8-6-17(2)7-9-18/h6-9,13-14,20H,3-5,10-12,15-16H2,1-2H3,(H,27,31). The number of piperidine rings is 1. The summed E-state index contributed by atoms with van der Waals surface area (Å²) in [5, 5.41) is 2.96. The number of halogens is 1. The minimum Gasteiger partial charge on any atom is -0.352 e. The predicted octanol–water partition coefficient (Wildman–Crippen LogP) is 3.77. The molecule has 2 aromatic rings. The summed E-state index contributed by atoms with van der Waals surface area (Å²) in [7, 11) is -3.89. The van der Waals surface area contributed by atoms with E-state index in [4.69, 9.17) is 0 Å². The van der Waals surface area contributed by atoms with E-state index < -0.39 is 15.9 Å². The molecular formula is C25H30BrN3O4S. The Labute approximate surface area is 209 Å². The quantitative estimate of drug-likeness (QED) is 0.596. The van der Waals surface area contributed by atoms with Crippen LogP contribution in [0.2, 0.25) is 0 Å². The summed E-state index contributed by atoms with van der Waals surface area (Å²) in [5.74, 6) is -0.644. The van der Waals surface area contributed by atoms with Crippen molar-refractivity contribution < 1.29 is 18.0 Å². The first kappa shape index (κ1) is 24.9. The highest BCUT2D eigenvalue weighted by Crippen LogP contribution is 2.39. The first-order valence-corrected chi connectivity index (χ1v) is 13.9. The topological polar surface area (TPSA) is 86.8 Å². The van der Waals surface area contributed by atoms with E-state index >= 15 is 0 Å². The molecule has 1 N–H and O–H groups in total. The lowest BCUT2D eigenvalue weighted by molar-refractivity contribution is -0.126. The van der Waals surface area contributed by atoms with Gasteiger partial charge in [0, 0.05) is 37.1 Å². The second-order valence-electron chi connectivity index (χ2n) is 8.97. The lowest BCUT2D eigenvalue weighted by atomic mass is 9.98. The number of amides is 2. The van der Waals surface area contributed by atoms with Gasteiger partial charge in [0.05, 0.1) is 11.6 Å². The molecule has 0 radical (unpaired) electrons. The molecule has 2 aliphatic rings. The Bertz CT molecular complexity index is 1200. The molecule has 7 nitrogen and oxygen atoms in total. The first-order valence-electron chi connectivity index (χ1n) is 11.7. The summed E-state index contributed by atoms with van der Waals surface area (Å²) in [6.45, 7) is 5.16. The van der Waals surface area contributed by atoms with Crippen LogP contribution in [0.15, 0.2) is 45.8 Å². The van der Waals surface area contributed by atoms with E-state index in [9.17, 15) is 18.0 Å². The zero-order valence-electron chi connectivity index (χ0n) is 19.5. The number of anilines is 1. The molecule has 2 aliphatic heterocycles. The summed E-state index contributed by atoms with van der Waals surface area (Å²) >= 11 is 3.44. The number of hydrogen-bond donors (Lipinski definition) is 1. The van der Waals surface area contributed by atoms with E-state index in [1.807, 2.05) is 37.3 Å². The van der Waals surface area contributed by atoms with Crippen molar-refractivity contribution in [2.75, 3.05) is 24.5 Å². The fraction of sp³-hybridized carbons (Fsp3) is 0.440. The number of aryl methyl sites for hydroxylation is 1. The van der Waals surface area contributed by atoms with Gasteiger partial charge in [0.1, 0.15) is 4.90 Å². The smallest absolute Gasteiger partial charge is 0.245 e. The van der Waals surface area contributed by atoms with Gasteiger partial charge in [-0.2, -0.15) is 4.31 Å². The van der Waals surface area contributed by atoms with Crippen LogP contribution in [0, 0.1) is 12.8 Å². The third-order valence-corrected chi connectivity index (χ3v) is 8.89. The lowest BCUT2D eigenvalue weighted by Gasteiger charge is -2.32. The predicted molar refractivity (Wildman–Crippen MR) is 135 cm³/mol. The maximum atomic E-state index is 13.8. The molecule has 1 fully saturated rings. The molecule has 9 heteroatoms. The van der Waals surface area contributed by atoms with Gasteiger partial charge in [-0.25, -0.2) is 8.42 Å². The third kappa shape index (κ3) is 5.06. The molecule has 2 aromatic carbocycles. The van der Waals surface area contributed by atoms with E-state index in [0.29, 0.717) is 55.5 Å². The molecule has 182 valence electrons. The van der Waals surface area contributed by atoms with Crippen LogP contribution < -0.4 is 10.2 Å². The van der Waals surface area contributed by atoms with Crippen molar-refractivity contribution in [2.24, 2.45) is 5.92 Å². The van der Waals surface area contributed by atoms with Gasteiger partial charge in [-0.1, -0.05) is 52.7 Å². The maximum absolute atomic E-state index is 13.8. The highest BCUT2D eigenvalue weighted by molar-refractivity contribution is 9.10. The summed E-state index contributed by atoms with van der Waals surface area (Å²) in [5.41, 5.74) is 3.49. The van der Waals surface area contributed by atoms with E-state index in [-0.39, 0.29) is 23.3 Å². The third-order valence-electron chi connectivity index (χ3n) is 6.56. The van der Waals surface area contributed by atoms with E-state index in [2.05, 4.69) is 21.2 Å². The average molecular weight is 549 g/mol. The summed E-state index contributed by atoms with van der Waals surface area (Å²) in [6.07, 6.45) is 2.17. The molecule has 0 saturated carbocycles. The molecule has 2 heterocycles. The molecule has 0 aliphatic carbocycles. The fourth-order valence-corrected chi connectivity index (χ4v) is 7.10. The van der Waals surface area contributed by atoms with Gasteiger partial charge in [-0.15, -0.1) is 0 Å². The van der Waals surface area contributed by atoms with E-state index in [1.54, 1.807) is 17.9 Å². The Morgan fingerprint density at radius 1 is 1.15 bits per heavy atom. The van der Waals surface area contributed by atoms with Crippen molar-refractivity contribution in [1.82, 2.24) is 9.62 Å². The van der Waals surface area contributed by atoms with Crippen LogP contribution in [0.5, 0.6) is 0 Å². The normalized spacial score (nSPS) is 18.6. The zero-order chi connectivity index (χ0) is 24.5. The second kappa shape index (κ2) is 10.2. The van der Waals surface area contributed by atoms with Crippen molar-refractivity contribution in [3.63, 3.8) is 0 Å². The number of benzene rings is 2. The molecule has 0 aromatic heterocycles. The molecule has 4 rings (SSSR count). The lowest BCUT2D eigenvalue weighted by Crippen LogP contribution is -2.45. The summed E-state index contributed by atoms with van der Waals surface area (Å²) in [6, 6.07) is 11.4. The second-order valence-corrected chi connectivity index (χ2v) is 11.8.